The molecule has 0 aliphatic heterocycles. The Morgan fingerprint density at radius 1 is 1.08 bits per heavy atom. The fraction of sp³-hybridized carbons (Fsp3) is 0.263. The number of nitrogens with zero attached hydrogens (tertiary/aromatic N) is 1. The van der Waals surface area contributed by atoms with Crippen LogP contribution in [0.2, 0.25) is 0 Å². The fourth-order valence-corrected chi connectivity index (χ4v) is 3.93. The Bertz CT molecular complexity index is 987. The van der Waals surface area contributed by atoms with Crippen LogP contribution in [0.25, 0.3) is 10.9 Å². The molecule has 0 amide bonds. The van der Waals surface area contributed by atoms with E-state index in [4.69, 9.17) is 0 Å². The Labute approximate surface area is 142 Å². The molecule has 3 rings (SSSR count). The molecule has 5 heteroatoms. The van der Waals surface area contributed by atoms with Gasteiger partial charge in [-0.2, -0.15) is 0 Å². The normalized spacial score (nSPS) is 12.0. The van der Waals surface area contributed by atoms with Crippen molar-refractivity contribution in [3.63, 3.8) is 0 Å². The molecule has 1 aromatic heterocycles. The van der Waals surface area contributed by atoms with Crippen LogP contribution in [-0.2, 0) is 28.7 Å². The van der Waals surface area contributed by atoms with Gasteiger partial charge in [0, 0.05) is 19.0 Å². The van der Waals surface area contributed by atoms with Crippen LogP contribution in [-0.4, -0.2) is 24.3 Å². The number of sulfone groups is 1. The summed E-state index contributed by atoms with van der Waals surface area (Å²) in [6.45, 7) is 2.71. The molecule has 0 radical (unpaired) electrons. The van der Waals surface area contributed by atoms with E-state index in [1.165, 1.54) is 6.26 Å². The summed E-state index contributed by atoms with van der Waals surface area (Å²) < 4.78 is 25.1. The zero-order valence-corrected chi connectivity index (χ0v) is 14.7. The van der Waals surface area contributed by atoms with Crippen LogP contribution in [0.5, 0.6) is 0 Å². The maximum absolute atomic E-state index is 11.5. The van der Waals surface area contributed by atoms with Gasteiger partial charge in [-0.15, -0.1) is 0 Å². The molecule has 0 aliphatic carbocycles. The second kappa shape index (κ2) is 6.42. The van der Waals surface area contributed by atoms with Crippen molar-refractivity contribution in [2.45, 2.75) is 25.8 Å². The molecule has 0 atom stereocenters. The van der Waals surface area contributed by atoms with Gasteiger partial charge in [-0.25, -0.2) is 8.42 Å². The molecule has 2 aromatic carbocycles. The number of benzene rings is 2. The molecule has 1 heterocycles. The van der Waals surface area contributed by atoms with Crippen LogP contribution in [0.4, 0.5) is 0 Å². The maximum Gasteiger partial charge on any atom is 0.151 e. The van der Waals surface area contributed by atoms with Crippen molar-refractivity contribution < 1.29 is 13.5 Å². The number of rotatable bonds is 5. The largest absolute Gasteiger partial charge is 0.392 e. The third-order valence-electron chi connectivity index (χ3n) is 4.24. The number of aromatic nitrogens is 1. The molecule has 1 N–H and O–H groups in total. The van der Waals surface area contributed by atoms with Crippen LogP contribution < -0.4 is 0 Å². The van der Waals surface area contributed by atoms with Crippen LogP contribution in [0.15, 0.2) is 48.7 Å². The monoisotopic (exact) mass is 343 g/mol. The Balaban J connectivity index is 1.97. The summed E-state index contributed by atoms with van der Waals surface area (Å²) in [5.74, 6) is 0.0565. The third-order valence-corrected chi connectivity index (χ3v) is 5.10. The zero-order valence-electron chi connectivity index (χ0n) is 13.9. The molecule has 0 spiro atoms. The highest BCUT2D eigenvalue weighted by Gasteiger charge is 2.09. The van der Waals surface area contributed by atoms with Crippen molar-refractivity contribution in [2.24, 2.45) is 0 Å². The standard InChI is InChI=1S/C19H21NO3S/c1-14-18(12-21)7-6-17-8-9-20(19(14)17)11-15-4-3-5-16(10-15)13-24(2,22)23/h3-10,21H,11-13H2,1-2H3. The van der Waals surface area contributed by atoms with Crippen molar-refractivity contribution >= 4 is 20.7 Å². The highest BCUT2D eigenvalue weighted by Crippen LogP contribution is 2.24. The van der Waals surface area contributed by atoms with Gasteiger partial charge in [-0.1, -0.05) is 36.4 Å². The molecular formula is C19H21NO3S. The van der Waals surface area contributed by atoms with Gasteiger partial charge in [0.25, 0.3) is 0 Å². The second-order valence-electron chi connectivity index (χ2n) is 6.28. The number of hydrogen-bond acceptors (Lipinski definition) is 3. The van der Waals surface area contributed by atoms with Gasteiger partial charge in [0.15, 0.2) is 9.84 Å². The lowest BCUT2D eigenvalue weighted by atomic mass is 10.1. The van der Waals surface area contributed by atoms with E-state index in [0.717, 1.165) is 33.2 Å². The first kappa shape index (κ1) is 16.7. The Morgan fingerprint density at radius 3 is 2.54 bits per heavy atom. The van der Waals surface area contributed by atoms with Gasteiger partial charge < -0.3 is 9.67 Å². The lowest BCUT2D eigenvalue weighted by Gasteiger charge is -2.11. The summed E-state index contributed by atoms with van der Waals surface area (Å²) in [4.78, 5) is 0. The quantitative estimate of drug-likeness (QED) is 0.775. The van der Waals surface area contributed by atoms with Gasteiger partial charge in [-0.3, -0.25) is 0 Å². The van der Waals surface area contributed by atoms with Crippen molar-refractivity contribution in [1.82, 2.24) is 4.57 Å². The van der Waals surface area contributed by atoms with Crippen LogP contribution in [0, 0.1) is 6.92 Å². The zero-order chi connectivity index (χ0) is 17.3. The van der Waals surface area contributed by atoms with E-state index >= 15 is 0 Å². The predicted octanol–water partition coefficient (Wildman–Crippen LogP) is 3.03. The lowest BCUT2D eigenvalue weighted by Crippen LogP contribution is -2.03. The average molecular weight is 343 g/mol. The summed E-state index contributed by atoms with van der Waals surface area (Å²) in [5.41, 5.74) is 4.97. The number of hydrogen-bond donors (Lipinski definition) is 1. The van der Waals surface area contributed by atoms with Crippen molar-refractivity contribution in [1.29, 1.82) is 0 Å². The molecule has 0 aliphatic rings. The van der Waals surface area contributed by atoms with Crippen LogP contribution in [0.1, 0.15) is 22.3 Å². The molecule has 0 fully saturated rings. The average Bonchev–Trinajstić information content (AvgIpc) is 2.90. The summed E-state index contributed by atoms with van der Waals surface area (Å²) in [7, 11) is -3.04. The van der Waals surface area contributed by atoms with E-state index < -0.39 is 9.84 Å². The molecule has 126 valence electrons. The summed E-state index contributed by atoms with van der Waals surface area (Å²) in [6, 6.07) is 13.7. The molecule has 3 aromatic rings. The Hall–Kier alpha value is -2.11. The SMILES string of the molecule is Cc1c(CO)ccc2ccn(Cc3cccc(CS(C)(=O)=O)c3)c12. The van der Waals surface area contributed by atoms with E-state index in [1.54, 1.807) is 0 Å². The molecule has 0 saturated heterocycles. The topological polar surface area (TPSA) is 59.3 Å². The first-order chi connectivity index (χ1) is 11.4. The predicted molar refractivity (Wildman–Crippen MR) is 96.7 cm³/mol. The molecule has 0 bridgehead atoms. The van der Waals surface area contributed by atoms with E-state index in [0.29, 0.717) is 6.54 Å². The van der Waals surface area contributed by atoms with Gasteiger partial charge in [0.05, 0.1) is 17.9 Å². The molecule has 24 heavy (non-hydrogen) atoms. The smallest absolute Gasteiger partial charge is 0.151 e. The fourth-order valence-electron chi connectivity index (χ4n) is 3.14. The highest BCUT2D eigenvalue weighted by molar-refractivity contribution is 7.89. The minimum atomic E-state index is -3.04. The Morgan fingerprint density at radius 2 is 1.83 bits per heavy atom. The van der Waals surface area contributed by atoms with Crippen molar-refractivity contribution in [3.05, 3.63) is 70.9 Å². The Kier molecular flexibility index (Phi) is 4.47. The van der Waals surface area contributed by atoms with Crippen molar-refractivity contribution in [2.75, 3.05) is 6.26 Å². The van der Waals surface area contributed by atoms with Gasteiger partial charge >= 0.3 is 0 Å². The van der Waals surface area contributed by atoms with E-state index in [1.807, 2.05) is 49.5 Å². The third kappa shape index (κ3) is 3.52. The van der Waals surface area contributed by atoms with Gasteiger partial charge in [-0.05, 0) is 40.6 Å². The summed E-state index contributed by atoms with van der Waals surface area (Å²) in [5, 5.41) is 10.6. The molecule has 0 saturated carbocycles. The summed E-state index contributed by atoms with van der Waals surface area (Å²) >= 11 is 0. The number of aryl methyl sites for hydroxylation is 1. The molecule has 4 nitrogen and oxygen atoms in total. The highest BCUT2D eigenvalue weighted by atomic mass is 32.2. The minimum Gasteiger partial charge on any atom is -0.392 e. The van der Waals surface area contributed by atoms with Gasteiger partial charge in [0.1, 0.15) is 0 Å². The second-order valence-corrected chi connectivity index (χ2v) is 8.42. The minimum absolute atomic E-state index is 0.0246. The van der Waals surface area contributed by atoms with E-state index in [2.05, 4.69) is 10.6 Å². The van der Waals surface area contributed by atoms with Crippen LogP contribution in [0.3, 0.4) is 0 Å². The van der Waals surface area contributed by atoms with E-state index in [9.17, 15) is 13.5 Å². The molecule has 0 unspecified atom stereocenters. The number of aliphatic hydroxyl groups excluding tert-OH is 1. The van der Waals surface area contributed by atoms with Gasteiger partial charge in [0.2, 0.25) is 0 Å². The van der Waals surface area contributed by atoms with Crippen LogP contribution >= 0.6 is 0 Å². The first-order valence-electron chi connectivity index (χ1n) is 7.81. The number of fused-ring (bicyclic) bond motifs is 1. The first-order valence-corrected chi connectivity index (χ1v) is 9.87. The summed E-state index contributed by atoms with van der Waals surface area (Å²) in [6.07, 6.45) is 3.28. The van der Waals surface area contributed by atoms with Crippen molar-refractivity contribution in [3.8, 4) is 0 Å². The van der Waals surface area contributed by atoms with E-state index in [-0.39, 0.29) is 12.4 Å². The maximum atomic E-state index is 11.5. The number of aliphatic hydroxyl groups is 1. The lowest BCUT2D eigenvalue weighted by molar-refractivity contribution is 0.281. The molecular weight excluding hydrogens is 322 g/mol.